The van der Waals surface area contributed by atoms with Crippen molar-refractivity contribution < 1.29 is 19.1 Å². The highest BCUT2D eigenvalue weighted by Crippen LogP contribution is 2.21. The second-order valence-electron chi connectivity index (χ2n) is 9.97. The van der Waals surface area contributed by atoms with Gasteiger partial charge in [0, 0.05) is 29.9 Å². The van der Waals surface area contributed by atoms with Crippen LogP contribution in [0.2, 0.25) is 0 Å². The molecule has 8 nitrogen and oxygen atoms in total. The summed E-state index contributed by atoms with van der Waals surface area (Å²) in [7, 11) is 0. The smallest absolute Gasteiger partial charge is 0.328 e. The summed E-state index contributed by atoms with van der Waals surface area (Å²) in [4.78, 5) is 42.6. The third-order valence-corrected chi connectivity index (χ3v) is 6.50. The van der Waals surface area contributed by atoms with Crippen LogP contribution in [0.25, 0.3) is 21.7 Å². The minimum atomic E-state index is -1.19. The Morgan fingerprint density at radius 1 is 0.868 bits per heavy atom. The van der Waals surface area contributed by atoms with Crippen molar-refractivity contribution in [2.45, 2.75) is 51.2 Å². The number of aromatic nitrogens is 1. The second kappa shape index (κ2) is 11.5. The lowest BCUT2D eigenvalue weighted by Crippen LogP contribution is -2.58. The average Bonchev–Trinajstić information content (AvgIpc) is 3.30. The number of esters is 1. The van der Waals surface area contributed by atoms with E-state index in [1.807, 2.05) is 72.9 Å². The van der Waals surface area contributed by atoms with Crippen molar-refractivity contribution in [3.8, 4) is 0 Å². The molecule has 8 heteroatoms. The van der Waals surface area contributed by atoms with Crippen molar-refractivity contribution in [3.05, 3.63) is 84.1 Å². The molecule has 2 amide bonds. The van der Waals surface area contributed by atoms with Gasteiger partial charge in [0.05, 0.1) is 12.1 Å². The summed E-state index contributed by atoms with van der Waals surface area (Å²) >= 11 is 0. The Morgan fingerprint density at radius 2 is 1.53 bits per heavy atom. The number of hydrogen-bond donors (Lipinski definition) is 4. The number of amides is 2. The third kappa shape index (κ3) is 6.20. The van der Waals surface area contributed by atoms with Gasteiger partial charge in [-0.25, -0.2) is 4.79 Å². The van der Waals surface area contributed by atoms with Gasteiger partial charge in [0.15, 0.2) is 0 Å². The summed E-state index contributed by atoms with van der Waals surface area (Å²) in [5.74, 6) is -1.50. The van der Waals surface area contributed by atoms with Gasteiger partial charge in [0.1, 0.15) is 12.1 Å². The molecule has 38 heavy (non-hydrogen) atoms. The van der Waals surface area contributed by atoms with Crippen molar-refractivity contribution in [1.29, 1.82) is 0 Å². The molecule has 5 N–H and O–H groups in total. The normalized spacial score (nSPS) is 13.2. The quantitative estimate of drug-likeness (QED) is 0.241. The topological polar surface area (TPSA) is 126 Å². The minimum absolute atomic E-state index is 0.178. The van der Waals surface area contributed by atoms with E-state index in [9.17, 15) is 14.4 Å². The number of rotatable bonds is 10. The van der Waals surface area contributed by atoms with Crippen LogP contribution in [0.4, 0.5) is 0 Å². The van der Waals surface area contributed by atoms with Crippen molar-refractivity contribution in [2.24, 2.45) is 5.73 Å². The summed E-state index contributed by atoms with van der Waals surface area (Å²) in [5, 5.41) is 8.62. The summed E-state index contributed by atoms with van der Waals surface area (Å²) in [6, 6.07) is 19.5. The monoisotopic (exact) mass is 514 g/mol. The summed E-state index contributed by atoms with van der Waals surface area (Å²) in [6.45, 7) is 5.05. The van der Waals surface area contributed by atoms with Gasteiger partial charge in [0.25, 0.3) is 0 Å². The lowest BCUT2D eigenvalue weighted by atomic mass is 9.97. The molecule has 1 aromatic heterocycles. The molecule has 198 valence electrons. The Balaban J connectivity index is 1.62. The molecule has 0 saturated carbocycles. The van der Waals surface area contributed by atoms with Gasteiger partial charge in [-0.3, -0.25) is 9.59 Å². The maximum Gasteiger partial charge on any atom is 0.328 e. The molecule has 4 rings (SSSR count). The Labute approximate surface area is 221 Å². The standard InChI is InChI=1S/C30H34N4O4/c1-4-38-28(36)26(16-20-12-9-11-19-10-5-6-13-22(19)20)33-27(35)25(34-29(37)30(2,3)31)17-21-18-32-24-15-8-7-14-23(21)24/h5-15,18,25-26,32H,4,16-17,31H2,1-3H3,(H,33,35)(H,34,37)/t25-,26+/m1/s1. The molecule has 0 unspecified atom stereocenters. The highest BCUT2D eigenvalue weighted by Gasteiger charge is 2.32. The van der Waals surface area contributed by atoms with Crippen molar-refractivity contribution >= 4 is 39.5 Å². The van der Waals surface area contributed by atoms with E-state index in [2.05, 4.69) is 15.6 Å². The molecule has 1 heterocycles. The number of para-hydroxylation sites is 1. The van der Waals surface area contributed by atoms with Crippen LogP contribution in [0.5, 0.6) is 0 Å². The fourth-order valence-corrected chi connectivity index (χ4v) is 4.47. The first-order chi connectivity index (χ1) is 18.2. The molecule has 0 bridgehead atoms. The van der Waals surface area contributed by atoms with Crippen molar-refractivity contribution in [2.75, 3.05) is 6.61 Å². The van der Waals surface area contributed by atoms with E-state index in [0.717, 1.165) is 32.8 Å². The van der Waals surface area contributed by atoms with E-state index in [-0.39, 0.29) is 19.4 Å². The molecule has 0 aliphatic heterocycles. The Hall–Kier alpha value is -4.17. The number of H-pyrrole nitrogens is 1. The van der Waals surface area contributed by atoms with Gasteiger partial charge < -0.3 is 26.1 Å². The van der Waals surface area contributed by atoms with Gasteiger partial charge >= 0.3 is 5.97 Å². The van der Waals surface area contributed by atoms with Gasteiger partial charge in [-0.05, 0) is 48.7 Å². The molecule has 0 radical (unpaired) electrons. The molecule has 0 aliphatic carbocycles. The van der Waals surface area contributed by atoms with Crippen LogP contribution in [0, 0.1) is 0 Å². The van der Waals surface area contributed by atoms with Crippen LogP contribution in [-0.2, 0) is 32.0 Å². The second-order valence-corrected chi connectivity index (χ2v) is 9.97. The number of carbonyl (C=O) groups excluding carboxylic acids is 3. The zero-order valence-corrected chi connectivity index (χ0v) is 21.9. The summed E-state index contributed by atoms with van der Waals surface area (Å²) in [5.41, 5.74) is 7.51. The first-order valence-electron chi connectivity index (χ1n) is 12.8. The number of hydrogen-bond acceptors (Lipinski definition) is 5. The fourth-order valence-electron chi connectivity index (χ4n) is 4.47. The molecule has 0 saturated heterocycles. The number of ether oxygens (including phenoxy) is 1. The van der Waals surface area contributed by atoms with Gasteiger partial charge in [-0.15, -0.1) is 0 Å². The van der Waals surface area contributed by atoms with Crippen LogP contribution >= 0.6 is 0 Å². The molecular formula is C30H34N4O4. The van der Waals surface area contributed by atoms with Crippen LogP contribution < -0.4 is 16.4 Å². The van der Waals surface area contributed by atoms with Crippen LogP contribution in [-0.4, -0.2) is 47.0 Å². The maximum absolute atomic E-state index is 13.7. The predicted molar refractivity (Wildman–Crippen MR) is 148 cm³/mol. The first-order valence-corrected chi connectivity index (χ1v) is 12.8. The Bertz CT molecular complexity index is 1450. The van der Waals surface area contributed by atoms with E-state index >= 15 is 0 Å². The number of nitrogens with one attached hydrogen (secondary N) is 3. The molecule has 0 spiro atoms. The third-order valence-electron chi connectivity index (χ3n) is 6.50. The van der Waals surface area contributed by atoms with Gasteiger partial charge in [-0.1, -0.05) is 60.7 Å². The number of aromatic amines is 1. The number of nitrogens with two attached hydrogens (primary N) is 1. The summed E-state index contributed by atoms with van der Waals surface area (Å²) in [6.07, 6.45) is 2.27. The van der Waals surface area contributed by atoms with E-state index in [0.29, 0.717) is 0 Å². The van der Waals surface area contributed by atoms with Crippen LogP contribution in [0.3, 0.4) is 0 Å². The van der Waals surface area contributed by atoms with E-state index in [1.165, 1.54) is 0 Å². The Morgan fingerprint density at radius 3 is 2.26 bits per heavy atom. The summed E-state index contributed by atoms with van der Waals surface area (Å²) < 4.78 is 5.30. The molecule has 4 aromatic rings. The molecule has 0 aliphatic rings. The molecule has 3 aromatic carbocycles. The van der Waals surface area contributed by atoms with Gasteiger partial charge in [0.2, 0.25) is 11.8 Å². The molecule has 0 fully saturated rings. The van der Waals surface area contributed by atoms with E-state index < -0.39 is 35.4 Å². The number of carbonyl (C=O) groups is 3. The van der Waals surface area contributed by atoms with E-state index in [4.69, 9.17) is 10.5 Å². The van der Waals surface area contributed by atoms with Crippen LogP contribution in [0.15, 0.2) is 72.9 Å². The molecular weight excluding hydrogens is 480 g/mol. The highest BCUT2D eigenvalue weighted by atomic mass is 16.5. The fraction of sp³-hybridized carbons (Fsp3) is 0.300. The zero-order valence-electron chi connectivity index (χ0n) is 21.9. The Kier molecular flexibility index (Phi) is 8.12. The number of fused-ring (bicyclic) bond motifs is 2. The maximum atomic E-state index is 13.7. The SMILES string of the molecule is CCOC(=O)[C@H](Cc1cccc2ccccc12)NC(=O)[C@@H](Cc1c[nH]c2ccccc12)NC(=O)C(C)(C)N. The van der Waals surface area contributed by atoms with Gasteiger partial charge in [-0.2, -0.15) is 0 Å². The van der Waals surface area contributed by atoms with Crippen LogP contribution in [0.1, 0.15) is 31.9 Å². The molecule has 2 atom stereocenters. The largest absolute Gasteiger partial charge is 0.464 e. The van der Waals surface area contributed by atoms with Crippen molar-refractivity contribution in [1.82, 2.24) is 15.6 Å². The van der Waals surface area contributed by atoms with Crippen molar-refractivity contribution in [3.63, 3.8) is 0 Å². The predicted octanol–water partition coefficient (Wildman–Crippen LogP) is 3.38. The zero-order chi connectivity index (χ0) is 27.3. The van der Waals surface area contributed by atoms with E-state index in [1.54, 1.807) is 20.8 Å². The number of benzene rings is 3. The lowest BCUT2D eigenvalue weighted by Gasteiger charge is -2.26. The highest BCUT2D eigenvalue weighted by molar-refractivity contribution is 5.94. The first kappa shape index (κ1) is 26.9. The minimum Gasteiger partial charge on any atom is -0.464 e. The lowest BCUT2D eigenvalue weighted by molar-refractivity contribution is -0.147. The average molecular weight is 515 g/mol.